The second-order valence-corrected chi connectivity index (χ2v) is 5.66. The van der Waals surface area contributed by atoms with Crippen molar-refractivity contribution in [2.45, 2.75) is 16.9 Å². The molecule has 1 aromatic carbocycles. The quantitative estimate of drug-likeness (QED) is 0.701. The van der Waals surface area contributed by atoms with E-state index in [1.807, 2.05) is 0 Å². The van der Waals surface area contributed by atoms with Crippen LogP contribution in [-0.4, -0.2) is 20.9 Å². The second-order valence-electron chi connectivity index (χ2n) is 4.74. The fourth-order valence-electron chi connectivity index (χ4n) is 1.86. The summed E-state index contributed by atoms with van der Waals surface area (Å²) in [5.41, 5.74) is 0.574. The highest BCUT2D eigenvalue weighted by molar-refractivity contribution is 7.98. The van der Waals surface area contributed by atoms with Gasteiger partial charge in [0.25, 0.3) is 11.1 Å². The van der Waals surface area contributed by atoms with Gasteiger partial charge in [-0.3, -0.25) is 4.79 Å². The zero-order valence-corrected chi connectivity index (χ0v) is 13.5. The van der Waals surface area contributed by atoms with E-state index in [1.165, 1.54) is 18.4 Å². The predicted molar refractivity (Wildman–Crippen MR) is 84.9 cm³/mol. The molecule has 3 aromatic rings. The van der Waals surface area contributed by atoms with E-state index in [0.29, 0.717) is 10.7 Å². The van der Waals surface area contributed by atoms with Crippen LogP contribution in [-0.2, 0) is 6.54 Å². The molecule has 3 rings (SSSR count). The Morgan fingerprint density at radius 3 is 2.88 bits per heavy atom. The number of amides is 1. The number of nitrogens with one attached hydrogen (secondary N) is 1. The smallest absolute Gasteiger partial charge is 0.273 e. The first-order chi connectivity index (χ1) is 12.2. The molecular formula is C16H10FN5O2S. The zero-order chi connectivity index (χ0) is 17.6. The van der Waals surface area contributed by atoms with Gasteiger partial charge in [0, 0.05) is 30.7 Å². The van der Waals surface area contributed by atoms with Crippen molar-refractivity contribution in [1.82, 2.24) is 20.3 Å². The molecule has 0 radical (unpaired) electrons. The standard InChI is InChI=1S/C16H10FN5O2S/c17-12-6-10(2-3-11(12)7-18)8-21-14(23)13-9-24-16(22-13)25-15-19-4-1-5-20-15/h1-6,9H,8H2,(H,21,23). The minimum absolute atomic E-state index is 0.0450. The summed E-state index contributed by atoms with van der Waals surface area (Å²) in [6.45, 7) is 0.0958. The highest BCUT2D eigenvalue weighted by Crippen LogP contribution is 2.22. The van der Waals surface area contributed by atoms with Gasteiger partial charge in [-0.25, -0.2) is 14.4 Å². The molecule has 7 nitrogen and oxygen atoms in total. The van der Waals surface area contributed by atoms with E-state index in [4.69, 9.17) is 9.68 Å². The zero-order valence-electron chi connectivity index (χ0n) is 12.6. The molecule has 0 atom stereocenters. The van der Waals surface area contributed by atoms with Crippen LogP contribution >= 0.6 is 11.8 Å². The van der Waals surface area contributed by atoms with Crippen LogP contribution < -0.4 is 5.32 Å². The molecule has 2 heterocycles. The summed E-state index contributed by atoms with van der Waals surface area (Å²) in [5, 5.41) is 12.0. The summed E-state index contributed by atoms with van der Waals surface area (Å²) in [6, 6.07) is 7.56. The number of nitriles is 1. The van der Waals surface area contributed by atoms with Crippen LogP contribution in [0.1, 0.15) is 21.6 Å². The van der Waals surface area contributed by atoms with Crippen molar-refractivity contribution in [2.75, 3.05) is 0 Å². The molecule has 0 spiro atoms. The minimum atomic E-state index is -0.628. The molecule has 0 aliphatic rings. The first kappa shape index (κ1) is 16.6. The molecular weight excluding hydrogens is 345 g/mol. The number of hydrogen-bond acceptors (Lipinski definition) is 7. The monoisotopic (exact) mass is 355 g/mol. The Morgan fingerprint density at radius 1 is 1.36 bits per heavy atom. The average molecular weight is 355 g/mol. The van der Waals surface area contributed by atoms with E-state index in [0.717, 1.165) is 11.8 Å². The summed E-state index contributed by atoms with van der Waals surface area (Å²) in [7, 11) is 0. The second kappa shape index (κ2) is 7.55. The number of oxazole rings is 1. The Morgan fingerprint density at radius 2 is 2.16 bits per heavy atom. The van der Waals surface area contributed by atoms with Crippen molar-refractivity contribution in [3.05, 3.63) is 65.6 Å². The van der Waals surface area contributed by atoms with Crippen LogP contribution in [0.2, 0.25) is 0 Å². The van der Waals surface area contributed by atoms with Gasteiger partial charge in [0.05, 0.1) is 5.56 Å². The summed E-state index contributed by atoms with van der Waals surface area (Å²) >= 11 is 1.09. The number of carbonyl (C=O) groups is 1. The Kier molecular flexibility index (Phi) is 5.01. The lowest BCUT2D eigenvalue weighted by atomic mass is 10.1. The lowest BCUT2D eigenvalue weighted by Crippen LogP contribution is -2.23. The molecule has 2 aromatic heterocycles. The number of halogens is 1. The molecule has 1 amide bonds. The molecule has 0 saturated heterocycles. The van der Waals surface area contributed by atoms with Gasteiger partial charge in [-0.2, -0.15) is 10.2 Å². The van der Waals surface area contributed by atoms with Crippen molar-refractivity contribution in [1.29, 1.82) is 5.26 Å². The van der Waals surface area contributed by atoms with Gasteiger partial charge in [0.1, 0.15) is 18.1 Å². The van der Waals surface area contributed by atoms with E-state index >= 15 is 0 Å². The van der Waals surface area contributed by atoms with Crippen LogP contribution in [0.25, 0.3) is 0 Å². The fraction of sp³-hybridized carbons (Fsp3) is 0.0625. The number of nitrogens with zero attached hydrogens (tertiary/aromatic N) is 4. The van der Waals surface area contributed by atoms with Crippen molar-refractivity contribution in [2.24, 2.45) is 0 Å². The normalized spacial score (nSPS) is 10.2. The lowest BCUT2D eigenvalue weighted by Gasteiger charge is -2.04. The number of benzene rings is 1. The summed E-state index contributed by atoms with van der Waals surface area (Å²) in [5.74, 6) is -1.09. The largest absolute Gasteiger partial charge is 0.439 e. The highest BCUT2D eigenvalue weighted by atomic mass is 32.2. The molecule has 0 bridgehead atoms. The van der Waals surface area contributed by atoms with Crippen molar-refractivity contribution >= 4 is 17.7 Å². The molecule has 0 fully saturated rings. The van der Waals surface area contributed by atoms with Gasteiger partial charge in [-0.15, -0.1) is 0 Å². The molecule has 0 aliphatic heterocycles. The third kappa shape index (κ3) is 4.19. The van der Waals surface area contributed by atoms with E-state index < -0.39 is 11.7 Å². The number of rotatable bonds is 5. The van der Waals surface area contributed by atoms with Gasteiger partial charge in [-0.1, -0.05) is 6.07 Å². The molecule has 0 saturated carbocycles. The van der Waals surface area contributed by atoms with Crippen molar-refractivity contribution in [3.8, 4) is 6.07 Å². The van der Waals surface area contributed by atoms with E-state index in [2.05, 4.69) is 20.3 Å². The third-order valence-electron chi connectivity index (χ3n) is 3.04. The maximum atomic E-state index is 13.5. The number of aromatic nitrogens is 3. The Balaban J connectivity index is 1.60. The van der Waals surface area contributed by atoms with E-state index in [9.17, 15) is 9.18 Å². The number of carbonyl (C=O) groups excluding carboxylic acids is 1. The van der Waals surface area contributed by atoms with Gasteiger partial charge in [0.15, 0.2) is 10.9 Å². The highest BCUT2D eigenvalue weighted by Gasteiger charge is 2.14. The maximum absolute atomic E-state index is 13.5. The van der Waals surface area contributed by atoms with E-state index in [-0.39, 0.29) is 23.0 Å². The molecule has 1 N–H and O–H groups in total. The summed E-state index contributed by atoms with van der Waals surface area (Å²) in [6.07, 6.45) is 4.39. The molecule has 0 aliphatic carbocycles. The fourth-order valence-corrected chi connectivity index (χ4v) is 2.48. The van der Waals surface area contributed by atoms with Crippen LogP contribution in [0.4, 0.5) is 4.39 Å². The predicted octanol–water partition coefficient (Wildman–Crippen LogP) is 2.56. The van der Waals surface area contributed by atoms with Crippen molar-refractivity contribution in [3.63, 3.8) is 0 Å². The van der Waals surface area contributed by atoms with Gasteiger partial charge in [-0.05, 0) is 23.8 Å². The summed E-state index contributed by atoms with van der Waals surface area (Å²) in [4.78, 5) is 24.2. The molecule has 25 heavy (non-hydrogen) atoms. The van der Waals surface area contributed by atoms with Crippen LogP contribution in [0, 0.1) is 17.1 Å². The summed E-state index contributed by atoms with van der Waals surface area (Å²) < 4.78 is 18.7. The third-order valence-corrected chi connectivity index (χ3v) is 3.80. The Bertz CT molecular complexity index is 939. The molecule has 124 valence electrons. The first-order valence-corrected chi connectivity index (χ1v) is 7.84. The van der Waals surface area contributed by atoms with Crippen LogP contribution in [0.3, 0.4) is 0 Å². The molecule has 0 unspecified atom stereocenters. The lowest BCUT2D eigenvalue weighted by molar-refractivity contribution is 0.0945. The first-order valence-electron chi connectivity index (χ1n) is 7.03. The van der Waals surface area contributed by atoms with Gasteiger partial charge >= 0.3 is 0 Å². The number of hydrogen-bond donors (Lipinski definition) is 1. The average Bonchev–Trinajstić information content (AvgIpc) is 3.09. The minimum Gasteiger partial charge on any atom is -0.439 e. The maximum Gasteiger partial charge on any atom is 0.273 e. The molecule has 9 heteroatoms. The van der Waals surface area contributed by atoms with Gasteiger partial charge < -0.3 is 9.73 Å². The van der Waals surface area contributed by atoms with E-state index in [1.54, 1.807) is 30.6 Å². The van der Waals surface area contributed by atoms with Crippen LogP contribution in [0.15, 0.2) is 57.7 Å². The van der Waals surface area contributed by atoms with Crippen LogP contribution in [0.5, 0.6) is 0 Å². The Hall–Kier alpha value is -3.25. The Labute approximate surface area is 145 Å². The SMILES string of the molecule is N#Cc1ccc(CNC(=O)c2coc(Sc3ncccn3)n2)cc1F. The topological polar surface area (TPSA) is 105 Å². The van der Waals surface area contributed by atoms with Crippen molar-refractivity contribution < 1.29 is 13.6 Å². The van der Waals surface area contributed by atoms with Gasteiger partial charge in [0.2, 0.25) is 0 Å².